The molecule has 2 N–H and O–H groups in total. The second-order valence-corrected chi connectivity index (χ2v) is 6.59. The van der Waals surface area contributed by atoms with Gasteiger partial charge in [0.15, 0.2) is 11.5 Å². The minimum absolute atomic E-state index is 0.0129. The number of carbonyl (C=O) groups is 1. The van der Waals surface area contributed by atoms with E-state index in [4.69, 9.17) is 9.47 Å². The van der Waals surface area contributed by atoms with Crippen LogP contribution in [0, 0.1) is 0 Å². The molecule has 1 aliphatic carbocycles. The zero-order valence-corrected chi connectivity index (χ0v) is 15.0. The first kappa shape index (κ1) is 18.4. The molecule has 0 heterocycles. The van der Waals surface area contributed by atoms with Crippen molar-refractivity contribution in [1.82, 2.24) is 10.2 Å². The molecule has 1 fully saturated rings. The summed E-state index contributed by atoms with van der Waals surface area (Å²) in [7, 11) is 7.03. The highest BCUT2D eigenvalue weighted by Crippen LogP contribution is 2.37. The number of phenolic OH excluding ortho intramolecular Hbond substituents is 1. The summed E-state index contributed by atoms with van der Waals surface area (Å²) in [5.41, 5.74) is 0.421. The largest absolute Gasteiger partial charge is 0.502 e. The van der Waals surface area contributed by atoms with Crippen LogP contribution in [-0.4, -0.2) is 56.3 Å². The molecule has 0 aromatic heterocycles. The lowest BCUT2D eigenvalue weighted by molar-refractivity contribution is 0.0799. The quantitative estimate of drug-likeness (QED) is 0.835. The van der Waals surface area contributed by atoms with Crippen molar-refractivity contribution in [3.8, 4) is 17.2 Å². The van der Waals surface area contributed by atoms with Gasteiger partial charge in [-0.3, -0.25) is 4.79 Å². The molecule has 1 aromatic rings. The molecule has 134 valence electrons. The Labute approximate surface area is 143 Å². The summed E-state index contributed by atoms with van der Waals surface area (Å²) in [6.07, 6.45) is 5.81. The molecule has 2 rings (SSSR count). The number of benzene rings is 1. The maximum absolute atomic E-state index is 12.6. The van der Waals surface area contributed by atoms with E-state index in [-0.39, 0.29) is 28.7 Å². The van der Waals surface area contributed by atoms with Crippen molar-refractivity contribution in [2.45, 2.75) is 37.6 Å². The lowest BCUT2D eigenvalue weighted by atomic mass is 9.80. The molecule has 0 saturated heterocycles. The molecule has 0 spiro atoms. The van der Waals surface area contributed by atoms with Gasteiger partial charge in [-0.15, -0.1) is 0 Å². The van der Waals surface area contributed by atoms with E-state index in [2.05, 4.69) is 24.3 Å². The zero-order valence-electron chi connectivity index (χ0n) is 15.0. The molecule has 1 saturated carbocycles. The van der Waals surface area contributed by atoms with E-state index in [9.17, 15) is 9.90 Å². The van der Waals surface area contributed by atoms with Crippen molar-refractivity contribution in [3.63, 3.8) is 0 Å². The molecule has 6 heteroatoms. The van der Waals surface area contributed by atoms with Gasteiger partial charge in [-0.25, -0.2) is 0 Å². The van der Waals surface area contributed by atoms with Crippen LogP contribution in [0.1, 0.15) is 42.5 Å². The van der Waals surface area contributed by atoms with Crippen molar-refractivity contribution < 1.29 is 19.4 Å². The molecular formula is C18H28N2O4. The van der Waals surface area contributed by atoms with Crippen LogP contribution in [-0.2, 0) is 0 Å². The highest BCUT2D eigenvalue weighted by atomic mass is 16.5. The lowest BCUT2D eigenvalue weighted by Gasteiger charge is -2.43. The van der Waals surface area contributed by atoms with Crippen LogP contribution in [0.15, 0.2) is 12.1 Å². The van der Waals surface area contributed by atoms with Gasteiger partial charge in [-0.2, -0.15) is 0 Å². The van der Waals surface area contributed by atoms with Gasteiger partial charge in [-0.05, 0) is 39.1 Å². The van der Waals surface area contributed by atoms with Gasteiger partial charge in [-0.1, -0.05) is 19.3 Å². The number of nitrogens with one attached hydrogen (secondary N) is 1. The van der Waals surface area contributed by atoms with Gasteiger partial charge in [0.05, 0.1) is 14.2 Å². The summed E-state index contributed by atoms with van der Waals surface area (Å²) in [6.45, 7) is 0.602. The Bertz CT molecular complexity index is 555. The molecule has 24 heavy (non-hydrogen) atoms. The minimum Gasteiger partial charge on any atom is -0.502 e. The normalized spacial score (nSPS) is 16.7. The standard InChI is InChI=1S/C18H28N2O4/c1-20(2)18(8-6-5-7-9-18)12-19-17(22)13-10-14(23-3)16(21)15(11-13)24-4/h10-11,21H,5-9,12H2,1-4H3,(H,19,22). The summed E-state index contributed by atoms with van der Waals surface area (Å²) in [5, 5.41) is 13.0. The van der Waals surface area contributed by atoms with Gasteiger partial charge in [0.25, 0.3) is 5.91 Å². The van der Waals surface area contributed by atoms with Gasteiger partial charge in [0, 0.05) is 17.6 Å². The SMILES string of the molecule is COc1cc(C(=O)NCC2(N(C)C)CCCCC2)cc(OC)c1O. The lowest BCUT2D eigenvalue weighted by Crippen LogP contribution is -2.53. The van der Waals surface area contributed by atoms with Crippen LogP contribution in [0.2, 0.25) is 0 Å². The minimum atomic E-state index is -0.196. The second-order valence-electron chi connectivity index (χ2n) is 6.59. The van der Waals surface area contributed by atoms with Crippen molar-refractivity contribution in [2.24, 2.45) is 0 Å². The van der Waals surface area contributed by atoms with E-state index < -0.39 is 0 Å². The third-order valence-electron chi connectivity index (χ3n) is 5.05. The average Bonchev–Trinajstić information content (AvgIpc) is 2.60. The Morgan fingerprint density at radius 3 is 2.17 bits per heavy atom. The van der Waals surface area contributed by atoms with Crippen LogP contribution in [0.3, 0.4) is 0 Å². The summed E-state index contributed by atoms with van der Waals surface area (Å²) in [5.74, 6) is 0.144. The number of hydrogen-bond acceptors (Lipinski definition) is 5. The summed E-state index contributed by atoms with van der Waals surface area (Å²) in [6, 6.07) is 3.05. The van der Waals surface area contributed by atoms with Crippen molar-refractivity contribution in [2.75, 3.05) is 34.9 Å². The predicted molar refractivity (Wildman–Crippen MR) is 93.0 cm³/mol. The number of amides is 1. The molecule has 0 unspecified atom stereocenters. The number of carbonyl (C=O) groups excluding carboxylic acids is 1. The molecule has 0 aliphatic heterocycles. The topological polar surface area (TPSA) is 71.0 Å². The Balaban J connectivity index is 2.14. The number of ether oxygens (including phenoxy) is 2. The third kappa shape index (κ3) is 3.75. The number of methoxy groups -OCH3 is 2. The Kier molecular flexibility index (Phi) is 5.94. The first-order valence-electron chi connectivity index (χ1n) is 8.34. The Hall–Kier alpha value is -1.95. The first-order valence-corrected chi connectivity index (χ1v) is 8.34. The molecule has 0 bridgehead atoms. The maximum Gasteiger partial charge on any atom is 0.251 e. The second kappa shape index (κ2) is 7.75. The van der Waals surface area contributed by atoms with Crippen LogP contribution in [0.4, 0.5) is 0 Å². The van der Waals surface area contributed by atoms with E-state index in [0.717, 1.165) is 12.8 Å². The number of hydrogen-bond donors (Lipinski definition) is 2. The number of likely N-dealkylation sites (N-methyl/N-ethyl adjacent to an activating group) is 1. The highest BCUT2D eigenvalue weighted by Gasteiger charge is 2.34. The van der Waals surface area contributed by atoms with Crippen LogP contribution < -0.4 is 14.8 Å². The van der Waals surface area contributed by atoms with E-state index in [1.165, 1.54) is 45.6 Å². The molecule has 1 amide bonds. The summed E-state index contributed by atoms with van der Waals surface area (Å²) in [4.78, 5) is 14.8. The summed E-state index contributed by atoms with van der Waals surface area (Å²) >= 11 is 0. The fraction of sp³-hybridized carbons (Fsp3) is 0.611. The molecule has 0 atom stereocenters. The number of phenols is 1. The van der Waals surface area contributed by atoms with E-state index >= 15 is 0 Å². The van der Waals surface area contributed by atoms with Gasteiger partial charge >= 0.3 is 0 Å². The average molecular weight is 336 g/mol. The molecule has 0 radical (unpaired) electrons. The molecule has 6 nitrogen and oxygen atoms in total. The smallest absolute Gasteiger partial charge is 0.251 e. The number of nitrogens with zero attached hydrogens (tertiary/aromatic N) is 1. The first-order chi connectivity index (χ1) is 11.4. The van der Waals surface area contributed by atoms with E-state index in [1.54, 1.807) is 0 Å². The van der Waals surface area contributed by atoms with Crippen LogP contribution in [0.5, 0.6) is 17.2 Å². The van der Waals surface area contributed by atoms with Crippen LogP contribution >= 0.6 is 0 Å². The highest BCUT2D eigenvalue weighted by molar-refractivity contribution is 5.95. The summed E-state index contributed by atoms with van der Waals surface area (Å²) < 4.78 is 10.2. The number of aromatic hydroxyl groups is 1. The molecule has 1 aliphatic rings. The van der Waals surface area contributed by atoms with Crippen LogP contribution in [0.25, 0.3) is 0 Å². The fourth-order valence-corrected chi connectivity index (χ4v) is 3.36. The predicted octanol–water partition coefficient (Wildman–Crippen LogP) is 2.40. The zero-order chi connectivity index (χ0) is 17.7. The van der Waals surface area contributed by atoms with E-state index in [0.29, 0.717) is 12.1 Å². The Morgan fingerprint density at radius 1 is 1.17 bits per heavy atom. The number of rotatable bonds is 6. The van der Waals surface area contributed by atoms with Gasteiger partial charge in [0.2, 0.25) is 5.75 Å². The van der Waals surface area contributed by atoms with Crippen molar-refractivity contribution >= 4 is 5.91 Å². The Morgan fingerprint density at radius 2 is 1.71 bits per heavy atom. The van der Waals surface area contributed by atoms with Gasteiger partial charge in [0.1, 0.15) is 0 Å². The molecular weight excluding hydrogens is 308 g/mol. The maximum atomic E-state index is 12.6. The third-order valence-corrected chi connectivity index (χ3v) is 5.05. The van der Waals surface area contributed by atoms with Crippen molar-refractivity contribution in [3.05, 3.63) is 17.7 Å². The van der Waals surface area contributed by atoms with E-state index in [1.807, 2.05) is 0 Å². The van der Waals surface area contributed by atoms with Crippen molar-refractivity contribution in [1.29, 1.82) is 0 Å². The van der Waals surface area contributed by atoms with Gasteiger partial charge < -0.3 is 24.8 Å². The molecule has 1 aromatic carbocycles. The fourth-order valence-electron chi connectivity index (χ4n) is 3.36. The monoisotopic (exact) mass is 336 g/mol.